The fourth-order valence-electron chi connectivity index (χ4n) is 1.86. The number of para-hydroxylation sites is 1. The highest BCUT2D eigenvalue weighted by Gasteiger charge is 2.14. The second kappa shape index (κ2) is 9.34. The van der Waals surface area contributed by atoms with Crippen LogP contribution in [0, 0.1) is 11.3 Å². The SMILES string of the molecule is CC(O/N=C/C(=O)Nc1ccccc1Br)C(=O)Nc1cccc(C#N)c1. The van der Waals surface area contributed by atoms with Crippen LogP contribution in [0.4, 0.5) is 11.4 Å². The minimum atomic E-state index is -0.923. The largest absolute Gasteiger partial charge is 0.383 e. The molecule has 2 N–H and O–H groups in total. The summed E-state index contributed by atoms with van der Waals surface area (Å²) in [5, 5.41) is 17.6. The summed E-state index contributed by atoms with van der Waals surface area (Å²) in [4.78, 5) is 28.8. The first-order valence-electron chi connectivity index (χ1n) is 7.55. The number of rotatable bonds is 6. The zero-order valence-corrected chi connectivity index (χ0v) is 15.4. The Morgan fingerprint density at radius 3 is 2.73 bits per heavy atom. The molecule has 0 bridgehead atoms. The average Bonchev–Trinajstić information content (AvgIpc) is 2.63. The number of nitrogens with one attached hydrogen (secondary N) is 2. The molecule has 1 unspecified atom stereocenters. The Morgan fingerprint density at radius 1 is 1.23 bits per heavy atom. The number of nitriles is 1. The van der Waals surface area contributed by atoms with Crippen LogP contribution in [0.25, 0.3) is 0 Å². The van der Waals surface area contributed by atoms with E-state index in [1.807, 2.05) is 12.1 Å². The Kier molecular flexibility index (Phi) is 6.88. The van der Waals surface area contributed by atoms with Gasteiger partial charge in [-0.05, 0) is 53.2 Å². The quantitative estimate of drug-likeness (QED) is 0.558. The van der Waals surface area contributed by atoms with E-state index in [4.69, 9.17) is 10.1 Å². The lowest BCUT2D eigenvalue weighted by Crippen LogP contribution is -2.26. The van der Waals surface area contributed by atoms with Crippen molar-refractivity contribution in [3.63, 3.8) is 0 Å². The van der Waals surface area contributed by atoms with Crippen molar-refractivity contribution in [1.29, 1.82) is 5.26 Å². The fourth-order valence-corrected chi connectivity index (χ4v) is 2.24. The highest BCUT2D eigenvalue weighted by Crippen LogP contribution is 2.20. The minimum absolute atomic E-state index is 0.429. The van der Waals surface area contributed by atoms with Gasteiger partial charge < -0.3 is 15.5 Å². The molecule has 7 nitrogen and oxygen atoms in total. The summed E-state index contributed by atoms with van der Waals surface area (Å²) >= 11 is 3.31. The van der Waals surface area contributed by atoms with Crippen molar-refractivity contribution >= 4 is 45.3 Å². The highest BCUT2D eigenvalue weighted by molar-refractivity contribution is 9.10. The zero-order valence-electron chi connectivity index (χ0n) is 13.8. The first-order chi connectivity index (χ1) is 12.5. The molecule has 0 heterocycles. The number of carbonyl (C=O) groups excluding carboxylic acids is 2. The molecule has 0 spiro atoms. The van der Waals surface area contributed by atoms with Crippen LogP contribution in [0.3, 0.4) is 0 Å². The smallest absolute Gasteiger partial charge is 0.270 e. The molecule has 0 fully saturated rings. The van der Waals surface area contributed by atoms with E-state index in [0.29, 0.717) is 16.9 Å². The van der Waals surface area contributed by atoms with Crippen molar-refractivity contribution in [3.05, 3.63) is 58.6 Å². The fraction of sp³-hybridized carbons (Fsp3) is 0.111. The Labute approximate surface area is 158 Å². The molecular formula is C18H15BrN4O3. The van der Waals surface area contributed by atoms with Gasteiger partial charge in [0.1, 0.15) is 6.21 Å². The summed E-state index contributed by atoms with van der Waals surface area (Å²) < 4.78 is 0.731. The molecule has 2 amide bonds. The summed E-state index contributed by atoms with van der Waals surface area (Å²) in [5.41, 5.74) is 1.49. The molecule has 0 aromatic heterocycles. The van der Waals surface area contributed by atoms with Crippen LogP contribution in [-0.4, -0.2) is 24.1 Å². The molecule has 1 atom stereocenters. The predicted molar refractivity (Wildman–Crippen MR) is 102 cm³/mol. The van der Waals surface area contributed by atoms with E-state index in [2.05, 4.69) is 31.7 Å². The summed E-state index contributed by atoms with van der Waals surface area (Å²) in [6, 6.07) is 15.6. The monoisotopic (exact) mass is 414 g/mol. The van der Waals surface area contributed by atoms with Crippen LogP contribution in [0.5, 0.6) is 0 Å². The van der Waals surface area contributed by atoms with E-state index in [9.17, 15) is 9.59 Å². The maximum Gasteiger partial charge on any atom is 0.270 e. The predicted octanol–water partition coefficient (Wildman–Crippen LogP) is 3.29. The molecule has 132 valence electrons. The van der Waals surface area contributed by atoms with Gasteiger partial charge in [0.2, 0.25) is 6.10 Å². The first-order valence-corrected chi connectivity index (χ1v) is 8.34. The van der Waals surface area contributed by atoms with Crippen LogP contribution in [0.2, 0.25) is 0 Å². The van der Waals surface area contributed by atoms with Gasteiger partial charge in [0, 0.05) is 10.2 Å². The molecule has 0 saturated heterocycles. The summed E-state index contributed by atoms with van der Waals surface area (Å²) in [5.74, 6) is -0.949. The molecule has 0 radical (unpaired) electrons. The van der Waals surface area contributed by atoms with Gasteiger partial charge in [-0.25, -0.2) is 0 Å². The van der Waals surface area contributed by atoms with E-state index in [-0.39, 0.29) is 0 Å². The maximum atomic E-state index is 12.0. The van der Waals surface area contributed by atoms with Gasteiger partial charge >= 0.3 is 0 Å². The number of carbonyl (C=O) groups is 2. The topological polar surface area (TPSA) is 104 Å². The number of hydrogen-bond acceptors (Lipinski definition) is 5. The van der Waals surface area contributed by atoms with Crippen LogP contribution in [0.1, 0.15) is 12.5 Å². The molecule has 26 heavy (non-hydrogen) atoms. The average molecular weight is 415 g/mol. The zero-order chi connectivity index (χ0) is 18.9. The number of oxime groups is 1. The van der Waals surface area contributed by atoms with Crippen molar-refractivity contribution < 1.29 is 14.4 Å². The number of amides is 2. The van der Waals surface area contributed by atoms with Crippen LogP contribution >= 0.6 is 15.9 Å². The molecule has 0 aliphatic heterocycles. The molecule has 8 heteroatoms. The van der Waals surface area contributed by atoms with Crippen molar-refractivity contribution in [2.75, 3.05) is 10.6 Å². The Balaban J connectivity index is 1.85. The molecule has 2 aromatic carbocycles. The van der Waals surface area contributed by atoms with Crippen LogP contribution in [0.15, 0.2) is 58.2 Å². The van der Waals surface area contributed by atoms with E-state index >= 15 is 0 Å². The Morgan fingerprint density at radius 2 is 2.00 bits per heavy atom. The number of hydrogen-bond donors (Lipinski definition) is 2. The van der Waals surface area contributed by atoms with Crippen LogP contribution < -0.4 is 10.6 Å². The standard InChI is InChI=1S/C18H15BrN4O3/c1-12(18(25)22-14-6-4-5-13(9-14)10-20)26-21-11-17(24)23-16-8-3-2-7-15(16)19/h2-9,11-12H,1H3,(H,22,25)(H,23,24)/b21-11+. The van der Waals surface area contributed by atoms with Crippen molar-refractivity contribution in [3.8, 4) is 6.07 Å². The van der Waals surface area contributed by atoms with Gasteiger partial charge in [0.25, 0.3) is 11.8 Å². The third kappa shape index (κ3) is 5.72. The Hall–Kier alpha value is -3.18. The van der Waals surface area contributed by atoms with Gasteiger partial charge in [0.05, 0.1) is 17.3 Å². The highest BCUT2D eigenvalue weighted by atomic mass is 79.9. The van der Waals surface area contributed by atoms with E-state index in [1.54, 1.807) is 42.5 Å². The lowest BCUT2D eigenvalue weighted by molar-refractivity contribution is -0.126. The molecule has 2 aromatic rings. The molecule has 0 aliphatic carbocycles. The number of anilines is 2. The first kappa shape index (κ1) is 19.1. The summed E-state index contributed by atoms with van der Waals surface area (Å²) in [6.45, 7) is 1.49. The van der Waals surface area contributed by atoms with E-state index in [1.165, 1.54) is 6.92 Å². The van der Waals surface area contributed by atoms with E-state index < -0.39 is 17.9 Å². The van der Waals surface area contributed by atoms with Crippen molar-refractivity contribution in [2.24, 2.45) is 5.16 Å². The summed E-state index contributed by atoms with van der Waals surface area (Å²) in [7, 11) is 0. The molecule has 2 rings (SSSR count). The second-order valence-corrected chi connectivity index (χ2v) is 5.99. The second-order valence-electron chi connectivity index (χ2n) is 5.13. The molecule has 0 aliphatic rings. The number of benzene rings is 2. The van der Waals surface area contributed by atoms with E-state index in [0.717, 1.165) is 10.7 Å². The van der Waals surface area contributed by atoms with Gasteiger partial charge in [-0.1, -0.05) is 23.4 Å². The number of halogens is 1. The minimum Gasteiger partial charge on any atom is -0.383 e. The van der Waals surface area contributed by atoms with Crippen molar-refractivity contribution in [1.82, 2.24) is 0 Å². The molecular weight excluding hydrogens is 400 g/mol. The van der Waals surface area contributed by atoms with Gasteiger partial charge in [-0.3, -0.25) is 9.59 Å². The van der Waals surface area contributed by atoms with Gasteiger partial charge in [0.15, 0.2) is 0 Å². The lowest BCUT2D eigenvalue weighted by Gasteiger charge is -2.10. The van der Waals surface area contributed by atoms with Gasteiger partial charge in [-0.2, -0.15) is 5.26 Å². The van der Waals surface area contributed by atoms with Crippen LogP contribution in [-0.2, 0) is 14.4 Å². The maximum absolute atomic E-state index is 12.0. The van der Waals surface area contributed by atoms with Gasteiger partial charge in [-0.15, -0.1) is 0 Å². The summed E-state index contributed by atoms with van der Waals surface area (Å²) in [6.07, 6.45) is 0.0211. The lowest BCUT2D eigenvalue weighted by atomic mass is 10.2. The normalized spacial score (nSPS) is 11.4. The number of nitrogens with zero attached hydrogens (tertiary/aromatic N) is 2. The third-order valence-corrected chi connectivity index (χ3v) is 3.84. The molecule has 0 saturated carbocycles. The third-order valence-electron chi connectivity index (χ3n) is 3.15. The van der Waals surface area contributed by atoms with Crippen molar-refractivity contribution in [2.45, 2.75) is 13.0 Å². The Bertz CT molecular complexity index is 877.